The molecular weight excluding hydrogens is 391 g/mol. The Balaban J connectivity index is 0.00000441. The molecule has 128 valence electrons. The first-order valence-electron chi connectivity index (χ1n) is 7.82. The summed E-state index contributed by atoms with van der Waals surface area (Å²) in [6, 6.07) is 2.09. The van der Waals surface area contributed by atoms with Crippen molar-refractivity contribution in [2.24, 2.45) is 18.0 Å². The number of aromatic nitrogens is 1. The minimum absolute atomic E-state index is 0. The largest absolute Gasteiger partial charge is 0.381 e. The van der Waals surface area contributed by atoms with E-state index in [1.165, 1.54) is 5.56 Å². The molecule has 6 heteroatoms. The molecule has 0 spiro atoms. The topological polar surface area (TPSA) is 50.6 Å². The smallest absolute Gasteiger partial charge is 0.191 e. The van der Waals surface area contributed by atoms with Crippen LogP contribution in [0, 0.1) is 5.92 Å². The van der Waals surface area contributed by atoms with Gasteiger partial charge in [0.25, 0.3) is 0 Å². The molecule has 1 aromatic rings. The van der Waals surface area contributed by atoms with Crippen molar-refractivity contribution in [3.05, 3.63) is 24.0 Å². The van der Waals surface area contributed by atoms with Gasteiger partial charge in [-0.1, -0.05) is 13.8 Å². The second-order valence-corrected chi connectivity index (χ2v) is 5.63. The molecule has 0 aliphatic carbocycles. The maximum Gasteiger partial charge on any atom is 0.191 e. The Bertz CT molecular complexity index is 418. The Hall–Kier alpha value is -0.760. The van der Waals surface area contributed by atoms with Crippen LogP contribution in [0.4, 0.5) is 0 Å². The molecule has 0 amide bonds. The monoisotopic (exact) mass is 422 g/mol. The standard InChI is InChI=1S/C16H30N4O.HI/c1-5-17-16(18-8-6-10-21-13-14(2)3)19-11-15-7-9-20(4)12-15;/h7,9,12,14H,5-6,8,10-11,13H2,1-4H3,(H2,17,18,19);1H. The first kappa shape index (κ1) is 21.2. The minimum Gasteiger partial charge on any atom is -0.381 e. The van der Waals surface area contributed by atoms with Crippen molar-refractivity contribution in [3.8, 4) is 0 Å². The van der Waals surface area contributed by atoms with Gasteiger partial charge in [0.15, 0.2) is 5.96 Å². The van der Waals surface area contributed by atoms with Crippen LogP contribution in [0.5, 0.6) is 0 Å². The summed E-state index contributed by atoms with van der Waals surface area (Å²) in [6.07, 6.45) is 5.12. The number of halogens is 1. The highest BCUT2D eigenvalue weighted by molar-refractivity contribution is 14.0. The Morgan fingerprint density at radius 3 is 2.73 bits per heavy atom. The zero-order valence-corrected chi connectivity index (χ0v) is 16.6. The number of nitrogens with zero attached hydrogens (tertiary/aromatic N) is 2. The van der Waals surface area contributed by atoms with E-state index in [4.69, 9.17) is 4.74 Å². The van der Waals surface area contributed by atoms with Crippen molar-refractivity contribution in [2.45, 2.75) is 33.7 Å². The van der Waals surface area contributed by atoms with Gasteiger partial charge in [-0.05, 0) is 30.9 Å². The van der Waals surface area contributed by atoms with Gasteiger partial charge < -0.3 is 19.9 Å². The van der Waals surface area contributed by atoms with Crippen molar-refractivity contribution in [1.82, 2.24) is 15.2 Å². The van der Waals surface area contributed by atoms with Crippen LogP contribution in [-0.4, -0.2) is 36.8 Å². The number of aryl methyl sites for hydroxylation is 1. The molecule has 1 heterocycles. The third-order valence-corrected chi connectivity index (χ3v) is 2.87. The molecule has 1 rings (SSSR count). The van der Waals surface area contributed by atoms with Crippen LogP contribution in [0.1, 0.15) is 32.8 Å². The summed E-state index contributed by atoms with van der Waals surface area (Å²) < 4.78 is 7.60. The number of hydrogen-bond donors (Lipinski definition) is 2. The number of aliphatic imine (C=N–C) groups is 1. The molecule has 0 fully saturated rings. The predicted molar refractivity (Wildman–Crippen MR) is 104 cm³/mol. The third kappa shape index (κ3) is 10.0. The van der Waals surface area contributed by atoms with Crippen LogP contribution < -0.4 is 10.6 Å². The van der Waals surface area contributed by atoms with Crippen LogP contribution in [0.15, 0.2) is 23.5 Å². The van der Waals surface area contributed by atoms with Crippen LogP contribution >= 0.6 is 24.0 Å². The van der Waals surface area contributed by atoms with Crippen molar-refractivity contribution in [1.29, 1.82) is 0 Å². The Kier molecular flexibility index (Phi) is 12.3. The molecule has 2 N–H and O–H groups in total. The number of guanidine groups is 1. The number of rotatable bonds is 9. The van der Waals surface area contributed by atoms with E-state index in [1.54, 1.807) is 0 Å². The van der Waals surface area contributed by atoms with Gasteiger partial charge >= 0.3 is 0 Å². The van der Waals surface area contributed by atoms with E-state index in [9.17, 15) is 0 Å². The normalized spacial score (nSPS) is 11.4. The highest BCUT2D eigenvalue weighted by atomic mass is 127. The average Bonchev–Trinajstić information content (AvgIpc) is 2.85. The summed E-state index contributed by atoms with van der Waals surface area (Å²) in [7, 11) is 2.02. The van der Waals surface area contributed by atoms with Gasteiger partial charge in [-0.25, -0.2) is 4.99 Å². The van der Waals surface area contributed by atoms with E-state index in [1.807, 2.05) is 17.8 Å². The van der Waals surface area contributed by atoms with Gasteiger partial charge in [-0.2, -0.15) is 0 Å². The van der Waals surface area contributed by atoms with Crippen LogP contribution in [0.2, 0.25) is 0 Å². The van der Waals surface area contributed by atoms with E-state index in [0.29, 0.717) is 12.5 Å². The van der Waals surface area contributed by atoms with Gasteiger partial charge in [0.1, 0.15) is 0 Å². The highest BCUT2D eigenvalue weighted by Crippen LogP contribution is 2.01. The molecule has 0 aliphatic heterocycles. The number of hydrogen-bond acceptors (Lipinski definition) is 2. The van der Waals surface area contributed by atoms with E-state index in [2.05, 4.69) is 48.7 Å². The fraction of sp³-hybridized carbons (Fsp3) is 0.688. The highest BCUT2D eigenvalue weighted by Gasteiger charge is 1.99. The predicted octanol–water partition coefficient (Wildman–Crippen LogP) is 2.76. The molecule has 22 heavy (non-hydrogen) atoms. The number of ether oxygens (including phenoxy) is 1. The number of nitrogens with one attached hydrogen (secondary N) is 2. The zero-order valence-electron chi connectivity index (χ0n) is 14.3. The molecule has 0 aromatic carbocycles. The van der Waals surface area contributed by atoms with Crippen molar-refractivity contribution >= 4 is 29.9 Å². The second kappa shape index (κ2) is 12.8. The van der Waals surface area contributed by atoms with Crippen LogP contribution in [0.25, 0.3) is 0 Å². The lowest BCUT2D eigenvalue weighted by atomic mass is 10.2. The van der Waals surface area contributed by atoms with Crippen molar-refractivity contribution in [2.75, 3.05) is 26.3 Å². The quantitative estimate of drug-likeness (QED) is 0.279. The molecule has 5 nitrogen and oxygen atoms in total. The zero-order chi connectivity index (χ0) is 15.5. The van der Waals surface area contributed by atoms with Gasteiger partial charge in [0.05, 0.1) is 6.54 Å². The molecule has 0 radical (unpaired) electrons. The Morgan fingerprint density at radius 2 is 2.14 bits per heavy atom. The molecule has 0 unspecified atom stereocenters. The molecule has 0 bridgehead atoms. The van der Waals surface area contributed by atoms with Gasteiger partial charge in [0, 0.05) is 45.7 Å². The molecule has 0 saturated heterocycles. The summed E-state index contributed by atoms with van der Waals surface area (Å²) in [5.41, 5.74) is 1.22. The SMILES string of the molecule is CCNC(=NCc1ccn(C)c1)NCCCOCC(C)C.I. The first-order chi connectivity index (χ1) is 10.1. The molecule has 0 aliphatic rings. The lowest BCUT2D eigenvalue weighted by Gasteiger charge is -2.11. The fourth-order valence-corrected chi connectivity index (χ4v) is 1.87. The second-order valence-electron chi connectivity index (χ2n) is 5.63. The maximum atomic E-state index is 5.57. The lowest BCUT2D eigenvalue weighted by molar-refractivity contribution is 0.108. The third-order valence-electron chi connectivity index (χ3n) is 2.87. The average molecular weight is 422 g/mol. The Labute approximate surface area is 151 Å². The molecule has 0 saturated carbocycles. The summed E-state index contributed by atoms with van der Waals surface area (Å²) in [4.78, 5) is 4.58. The summed E-state index contributed by atoms with van der Waals surface area (Å²) in [6.45, 7) is 10.5. The first-order valence-corrected chi connectivity index (χ1v) is 7.82. The Morgan fingerprint density at radius 1 is 1.36 bits per heavy atom. The van der Waals surface area contributed by atoms with E-state index in [0.717, 1.165) is 38.7 Å². The lowest BCUT2D eigenvalue weighted by Crippen LogP contribution is -2.38. The van der Waals surface area contributed by atoms with E-state index in [-0.39, 0.29) is 24.0 Å². The van der Waals surface area contributed by atoms with Crippen molar-refractivity contribution < 1.29 is 4.74 Å². The van der Waals surface area contributed by atoms with E-state index < -0.39 is 0 Å². The van der Waals surface area contributed by atoms with Crippen LogP contribution in [-0.2, 0) is 18.3 Å². The minimum atomic E-state index is 0. The molecule has 0 atom stereocenters. The van der Waals surface area contributed by atoms with Gasteiger partial charge in [-0.3, -0.25) is 0 Å². The van der Waals surface area contributed by atoms with Gasteiger partial charge in [0.2, 0.25) is 0 Å². The maximum absolute atomic E-state index is 5.57. The van der Waals surface area contributed by atoms with Gasteiger partial charge in [-0.15, -0.1) is 24.0 Å². The van der Waals surface area contributed by atoms with Crippen LogP contribution in [0.3, 0.4) is 0 Å². The van der Waals surface area contributed by atoms with E-state index >= 15 is 0 Å². The summed E-state index contributed by atoms with van der Waals surface area (Å²) in [5, 5.41) is 6.60. The molecule has 1 aromatic heterocycles. The van der Waals surface area contributed by atoms with Crippen molar-refractivity contribution in [3.63, 3.8) is 0 Å². The fourth-order valence-electron chi connectivity index (χ4n) is 1.87. The molecular formula is C16H31IN4O. The summed E-state index contributed by atoms with van der Waals surface area (Å²) in [5.74, 6) is 1.47. The summed E-state index contributed by atoms with van der Waals surface area (Å²) >= 11 is 0.